The van der Waals surface area contributed by atoms with Gasteiger partial charge in [0.05, 0.1) is 0 Å². The lowest BCUT2D eigenvalue weighted by atomic mass is 9.99. The van der Waals surface area contributed by atoms with Crippen LogP contribution in [0.25, 0.3) is 0 Å². The van der Waals surface area contributed by atoms with Gasteiger partial charge in [0.2, 0.25) is 0 Å². The maximum absolute atomic E-state index is 13.0. The van der Waals surface area contributed by atoms with E-state index in [1.165, 1.54) is 6.07 Å². The summed E-state index contributed by atoms with van der Waals surface area (Å²) in [5, 5.41) is 3.34. The zero-order chi connectivity index (χ0) is 12.9. The van der Waals surface area contributed by atoms with Crippen molar-refractivity contribution >= 4 is 0 Å². The third-order valence-electron chi connectivity index (χ3n) is 3.18. The van der Waals surface area contributed by atoms with Gasteiger partial charge in [0.25, 0.3) is 0 Å². The molecule has 4 heteroatoms. The average Bonchev–Trinajstić information content (AvgIpc) is 2.33. The van der Waals surface area contributed by atoms with Crippen molar-refractivity contribution in [2.75, 3.05) is 13.1 Å². The molecule has 96 valence electrons. The Hall–Kier alpha value is -1.00. The lowest BCUT2D eigenvalue weighted by Gasteiger charge is -2.28. The summed E-state index contributed by atoms with van der Waals surface area (Å²) in [5.41, 5.74) is 6.37. The Labute approximate surface area is 101 Å². The fourth-order valence-electron chi connectivity index (χ4n) is 1.55. The van der Waals surface area contributed by atoms with Crippen LogP contribution in [0.15, 0.2) is 18.2 Å². The van der Waals surface area contributed by atoms with Crippen molar-refractivity contribution in [3.05, 3.63) is 35.4 Å². The summed E-state index contributed by atoms with van der Waals surface area (Å²) in [4.78, 5) is 0. The quantitative estimate of drug-likeness (QED) is 0.802. The second kappa shape index (κ2) is 6.07. The number of benzene rings is 1. The molecule has 3 N–H and O–H groups in total. The Bertz CT molecular complexity index is 362. The van der Waals surface area contributed by atoms with E-state index in [4.69, 9.17) is 5.73 Å². The molecule has 0 heterocycles. The van der Waals surface area contributed by atoms with E-state index in [0.29, 0.717) is 19.5 Å². The number of nitrogens with one attached hydrogen (secondary N) is 1. The minimum atomic E-state index is -0.804. The van der Waals surface area contributed by atoms with E-state index in [1.807, 2.05) is 0 Å². The first-order valence-corrected chi connectivity index (χ1v) is 5.90. The predicted molar refractivity (Wildman–Crippen MR) is 65.8 cm³/mol. The minimum Gasteiger partial charge on any atom is -0.329 e. The highest BCUT2D eigenvalue weighted by Gasteiger charge is 2.18. The molecule has 0 amide bonds. The molecule has 1 unspecified atom stereocenters. The first kappa shape index (κ1) is 14.1. The Morgan fingerprint density at radius 3 is 2.53 bits per heavy atom. The molecule has 0 saturated heterocycles. The Balaban J connectivity index is 2.48. The van der Waals surface area contributed by atoms with E-state index in [9.17, 15) is 8.78 Å². The third-order valence-corrected chi connectivity index (χ3v) is 3.18. The molecule has 0 aliphatic heterocycles. The maximum atomic E-state index is 13.0. The fourth-order valence-corrected chi connectivity index (χ4v) is 1.55. The zero-order valence-electron chi connectivity index (χ0n) is 10.4. The Morgan fingerprint density at radius 2 is 2.00 bits per heavy atom. The van der Waals surface area contributed by atoms with Gasteiger partial charge in [0.15, 0.2) is 11.6 Å². The van der Waals surface area contributed by atoms with E-state index in [0.717, 1.165) is 18.1 Å². The maximum Gasteiger partial charge on any atom is 0.159 e. The Kier molecular flexibility index (Phi) is 5.02. The van der Waals surface area contributed by atoms with Crippen LogP contribution in [0.1, 0.15) is 25.8 Å². The Morgan fingerprint density at radius 1 is 1.29 bits per heavy atom. The van der Waals surface area contributed by atoms with Gasteiger partial charge in [-0.3, -0.25) is 0 Å². The van der Waals surface area contributed by atoms with Gasteiger partial charge in [0, 0.05) is 12.1 Å². The molecule has 0 spiro atoms. The molecule has 0 aliphatic rings. The molecule has 0 aromatic heterocycles. The topological polar surface area (TPSA) is 38.0 Å². The van der Waals surface area contributed by atoms with Crippen molar-refractivity contribution < 1.29 is 8.78 Å². The molecule has 0 fully saturated rings. The van der Waals surface area contributed by atoms with Crippen LogP contribution in [-0.4, -0.2) is 18.6 Å². The molecule has 1 atom stereocenters. The fraction of sp³-hybridized carbons (Fsp3) is 0.538. The number of hydrogen-bond donors (Lipinski definition) is 2. The van der Waals surface area contributed by atoms with Crippen molar-refractivity contribution in [3.8, 4) is 0 Å². The number of nitrogens with two attached hydrogens (primary N) is 1. The first-order valence-electron chi connectivity index (χ1n) is 5.90. The average molecular weight is 242 g/mol. The van der Waals surface area contributed by atoms with Gasteiger partial charge < -0.3 is 11.1 Å². The van der Waals surface area contributed by atoms with E-state index < -0.39 is 11.6 Å². The van der Waals surface area contributed by atoms with Gasteiger partial charge in [-0.2, -0.15) is 0 Å². The van der Waals surface area contributed by atoms with Crippen molar-refractivity contribution in [1.29, 1.82) is 0 Å². The first-order chi connectivity index (χ1) is 8.00. The van der Waals surface area contributed by atoms with Crippen LogP contribution in [0.2, 0.25) is 0 Å². The van der Waals surface area contributed by atoms with Crippen molar-refractivity contribution in [3.63, 3.8) is 0 Å². The van der Waals surface area contributed by atoms with Crippen molar-refractivity contribution in [1.82, 2.24) is 5.32 Å². The molecule has 0 aliphatic carbocycles. The molecule has 1 aromatic carbocycles. The van der Waals surface area contributed by atoms with Crippen LogP contribution in [0.5, 0.6) is 0 Å². The highest BCUT2D eigenvalue weighted by Crippen LogP contribution is 2.10. The van der Waals surface area contributed by atoms with E-state index in [-0.39, 0.29) is 5.54 Å². The van der Waals surface area contributed by atoms with Gasteiger partial charge in [-0.25, -0.2) is 8.78 Å². The van der Waals surface area contributed by atoms with Crippen LogP contribution in [0.3, 0.4) is 0 Å². The van der Waals surface area contributed by atoms with E-state index in [1.54, 1.807) is 6.07 Å². The number of rotatable bonds is 6. The molecule has 0 bridgehead atoms. The van der Waals surface area contributed by atoms with Crippen LogP contribution >= 0.6 is 0 Å². The van der Waals surface area contributed by atoms with Crippen LogP contribution in [-0.2, 0) is 6.42 Å². The van der Waals surface area contributed by atoms with E-state index >= 15 is 0 Å². The minimum absolute atomic E-state index is 0.0847. The second-order valence-corrected chi connectivity index (χ2v) is 4.54. The summed E-state index contributed by atoms with van der Waals surface area (Å²) in [5.74, 6) is -1.60. The van der Waals surface area contributed by atoms with Gasteiger partial charge >= 0.3 is 0 Å². The normalized spacial score (nSPS) is 14.6. The van der Waals surface area contributed by atoms with Gasteiger partial charge in [-0.15, -0.1) is 0 Å². The summed E-state index contributed by atoms with van der Waals surface area (Å²) in [6.45, 7) is 5.38. The summed E-state index contributed by atoms with van der Waals surface area (Å²) < 4.78 is 25.7. The molecular formula is C13H20F2N2. The van der Waals surface area contributed by atoms with Crippen LogP contribution in [0, 0.1) is 11.6 Å². The summed E-state index contributed by atoms with van der Waals surface area (Å²) in [6.07, 6.45) is 1.59. The predicted octanol–water partition coefficient (Wildman–Crippen LogP) is 2.22. The second-order valence-electron chi connectivity index (χ2n) is 4.54. The standard InChI is InChI=1S/C13H20F2N2/c1-3-13(2,9-16)17-7-6-10-4-5-11(14)12(15)8-10/h4-5,8,17H,3,6-7,9,16H2,1-2H3. The van der Waals surface area contributed by atoms with Gasteiger partial charge in [0.1, 0.15) is 0 Å². The molecule has 2 nitrogen and oxygen atoms in total. The SMILES string of the molecule is CCC(C)(CN)NCCc1ccc(F)c(F)c1. The molecule has 1 aromatic rings. The van der Waals surface area contributed by atoms with Crippen molar-refractivity contribution in [2.45, 2.75) is 32.2 Å². The number of hydrogen-bond acceptors (Lipinski definition) is 2. The van der Waals surface area contributed by atoms with Gasteiger partial charge in [-0.05, 0) is 44.0 Å². The highest BCUT2D eigenvalue weighted by atomic mass is 19.2. The molecule has 17 heavy (non-hydrogen) atoms. The molecule has 0 radical (unpaired) electrons. The molecule has 1 rings (SSSR count). The largest absolute Gasteiger partial charge is 0.329 e. The summed E-state index contributed by atoms with van der Waals surface area (Å²) in [7, 11) is 0. The summed E-state index contributed by atoms with van der Waals surface area (Å²) >= 11 is 0. The molecule has 0 saturated carbocycles. The third kappa shape index (κ3) is 4.06. The lowest BCUT2D eigenvalue weighted by Crippen LogP contribution is -2.48. The van der Waals surface area contributed by atoms with Gasteiger partial charge in [-0.1, -0.05) is 13.0 Å². The smallest absolute Gasteiger partial charge is 0.159 e. The zero-order valence-corrected chi connectivity index (χ0v) is 10.4. The van der Waals surface area contributed by atoms with Crippen LogP contribution < -0.4 is 11.1 Å². The summed E-state index contributed by atoms with van der Waals surface area (Å²) in [6, 6.07) is 4.00. The lowest BCUT2D eigenvalue weighted by molar-refractivity contribution is 0.355. The van der Waals surface area contributed by atoms with Crippen LogP contribution in [0.4, 0.5) is 8.78 Å². The number of halogens is 2. The van der Waals surface area contributed by atoms with E-state index in [2.05, 4.69) is 19.2 Å². The monoisotopic (exact) mass is 242 g/mol. The highest BCUT2D eigenvalue weighted by molar-refractivity contribution is 5.18. The van der Waals surface area contributed by atoms with Crippen molar-refractivity contribution in [2.24, 2.45) is 5.73 Å². The molecular weight excluding hydrogens is 222 g/mol.